The molecule has 0 atom stereocenters. The molecule has 140 valence electrons. The van der Waals surface area contributed by atoms with Crippen LogP contribution in [0.25, 0.3) is 22.5 Å². The van der Waals surface area contributed by atoms with Crippen LogP contribution < -0.4 is 11.1 Å². The average Bonchev–Trinajstić information content (AvgIpc) is 3.32. The zero-order chi connectivity index (χ0) is 19.7. The summed E-state index contributed by atoms with van der Waals surface area (Å²) in [4.78, 5) is 16.8. The third-order valence-corrected chi connectivity index (χ3v) is 4.25. The molecule has 0 aliphatic rings. The van der Waals surface area contributed by atoms with Crippen LogP contribution >= 0.6 is 0 Å². The highest BCUT2D eigenvalue weighted by molar-refractivity contribution is 6.05. The molecule has 8 nitrogen and oxygen atoms in total. The topological polar surface area (TPSA) is 112 Å². The van der Waals surface area contributed by atoms with E-state index in [1.165, 1.54) is 0 Å². The number of nitrogens with one attached hydrogen (secondary N) is 1. The van der Waals surface area contributed by atoms with Crippen LogP contribution in [0.1, 0.15) is 16.2 Å². The van der Waals surface area contributed by atoms with Crippen molar-refractivity contribution < 1.29 is 9.32 Å². The van der Waals surface area contributed by atoms with E-state index < -0.39 is 0 Å². The van der Waals surface area contributed by atoms with Crippen LogP contribution in [0, 0.1) is 6.92 Å². The van der Waals surface area contributed by atoms with Crippen LogP contribution in [0.2, 0.25) is 0 Å². The standard InChI is InChI=1S/C20H18N6O2/c1-12-7-19(28-25-12)13-3-5-16(21)18(8-13)24-20(27)17-6-4-14(9-22-17)15-10-23-26(2)11-15/h3-11H,21H2,1-2H3,(H,24,27). The van der Waals surface area contributed by atoms with Gasteiger partial charge in [-0.05, 0) is 31.2 Å². The SMILES string of the molecule is Cc1cc(-c2ccc(N)c(NC(=O)c3ccc(-c4cnn(C)c4)cn3)c2)on1. The Hall–Kier alpha value is -3.94. The van der Waals surface area contributed by atoms with Crippen molar-refractivity contribution in [2.75, 3.05) is 11.1 Å². The molecule has 0 spiro atoms. The van der Waals surface area contributed by atoms with Crippen LogP contribution in [0.15, 0.2) is 59.5 Å². The van der Waals surface area contributed by atoms with E-state index in [2.05, 4.69) is 20.6 Å². The van der Waals surface area contributed by atoms with Crippen LogP contribution in [-0.4, -0.2) is 25.8 Å². The normalized spacial score (nSPS) is 10.8. The Balaban J connectivity index is 1.55. The first-order chi connectivity index (χ1) is 13.5. The van der Waals surface area contributed by atoms with E-state index in [0.29, 0.717) is 17.1 Å². The second-order valence-corrected chi connectivity index (χ2v) is 6.42. The van der Waals surface area contributed by atoms with E-state index in [9.17, 15) is 4.79 Å². The number of amides is 1. The number of anilines is 2. The summed E-state index contributed by atoms with van der Waals surface area (Å²) in [6.45, 7) is 1.84. The van der Waals surface area contributed by atoms with Crippen molar-refractivity contribution in [2.45, 2.75) is 6.92 Å². The summed E-state index contributed by atoms with van der Waals surface area (Å²) in [6, 6.07) is 10.6. The van der Waals surface area contributed by atoms with Gasteiger partial charge in [0.25, 0.3) is 5.91 Å². The first kappa shape index (κ1) is 17.5. The summed E-state index contributed by atoms with van der Waals surface area (Å²) in [5.41, 5.74) is 10.6. The fourth-order valence-corrected chi connectivity index (χ4v) is 2.77. The summed E-state index contributed by atoms with van der Waals surface area (Å²) in [6.07, 6.45) is 5.27. The Morgan fingerprint density at radius 2 is 1.93 bits per heavy atom. The molecule has 8 heteroatoms. The van der Waals surface area contributed by atoms with Gasteiger partial charge in [-0.25, -0.2) is 0 Å². The number of carbonyl (C=O) groups excluding carboxylic acids is 1. The van der Waals surface area contributed by atoms with Gasteiger partial charge in [-0.2, -0.15) is 5.10 Å². The molecule has 4 aromatic rings. The Morgan fingerprint density at radius 3 is 2.57 bits per heavy atom. The van der Waals surface area contributed by atoms with Crippen LogP contribution in [-0.2, 0) is 7.05 Å². The summed E-state index contributed by atoms with van der Waals surface area (Å²) in [7, 11) is 1.84. The van der Waals surface area contributed by atoms with Gasteiger partial charge in [0.15, 0.2) is 5.76 Å². The number of nitrogen functional groups attached to an aromatic ring is 1. The molecule has 3 aromatic heterocycles. The molecule has 0 unspecified atom stereocenters. The fraction of sp³-hybridized carbons (Fsp3) is 0.100. The lowest BCUT2D eigenvalue weighted by atomic mass is 10.1. The summed E-state index contributed by atoms with van der Waals surface area (Å²) in [5, 5.41) is 10.8. The van der Waals surface area contributed by atoms with Crippen LogP contribution in [0.5, 0.6) is 0 Å². The van der Waals surface area contributed by atoms with Gasteiger partial charge in [0.1, 0.15) is 5.69 Å². The van der Waals surface area contributed by atoms with E-state index >= 15 is 0 Å². The van der Waals surface area contributed by atoms with Crippen molar-refractivity contribution in [1.82, 2.24) is 19.9 Å². The molecule has 0 aliphatic carbocycles. The fourth-order valence-electron chi connectivity index (χ4n) is 2.77. The largest absolute Gasteiger partial charge is 0.397 e. The average molecular weight is 374 g/mol. The highest BCUT2D eigenvalue weighted by atomic mass is 16.5. The smallest absolute Gasteiger partial charge is 0.274 e. The van der Waals surface area contributed by atoms with Gasteiger partial charge in [0.2, 0.25) is 0 Å². The molecule has 0 aliphatic heterocycles. The van der Waals surface area contributed by atoms with E-state index in [1.54, 1.807) is 35.3 Å². The van der Waals surface area contributed by atoms with Gasteiger partial charge in [0, 0.05) is 42.2 Å². The van der Waals surface area contributed by atoms with Gasteiger partial charge >= 0.3 is 0 Å². The molecule has 1 aromatic carbocycles. The molecule has 0 radical (unpaired) electrons. The first-order valence-electron chi connectivity index (χ1n) is 8.59. The number of hydrogen-bond acceptors (Lipinski definition) is 6. The number of benzene rings is 1. The molecule has 0 saturated carbocycles. The zero-order valence-electron chi connectivity index (χ0n) is 15.4. The molecule has 1 amide bonds. The van der Waals surface area contributed by atoms with Crippen molar-refractivity contribution >= 4 is 17.3 Å². The van der Waals surface area contributed by atoms with Gasteiger partial charge in [-0.15, -0.1) is 0 Å². The molecular formula is C20H18N6O2. The molecule has 0 fully saturated rings. The summed E-state index contributed by atoms with van der Waals surface area (Å²) < 4.78 is 6.98. The number of hydrogen-bond donors (Lipinski definition) is 2. The second-order valence-electron chi connectivity index (χ2n) is 6.42. The first-order valence-corrected chi connectivity index (χ1v) is 8.59. The van der Waals surface area contributed by atoms with E-state index in [-0.39, 0.29) is 11.6 Å². The molecule has 28 heavy (non-hydrogen) atoms. The van der Waals surface area contributed by atoms with Gasteiger partial charge in [-0.1, -0.05) is 11.2 Å². The molecule has 4 rings (SSSR count). The molecule has 3 N–H and O–H groups in total. The molecule has 3 heterocycles. The van der Waals surface area contributed by atoms with Crippen molar-refractivity contribution in [3.8, 4) is 22.5 Å². The predicted octanol–water partition coefficient (Wildman–Crippen LogP) is 3.28. The maximum absolute atomic E-state index is 12.6. The van der Waals surface area contributed by atoms with Crippen molar-refractivity contribution in [2.24, 2.45) is 7.05 Å². The molecular weight excluding hydrogens is 356 g/mol. The number of aryl methyl sites for hydroxylation is 2. The monoisotopic (exact) mass is 374 g/mol. The number of nitrogens with zero attached hydrogens (tertiary/aromatic N) is 4. The Kier molecular flexibility index (Phi) is 4.36. The van der Waals surface area contributed by atoms with Crippen LogP contribution in [0.4, 0.5) is 11.4 Å². The summed E-state index contributed by atoms with van der Waals surface area (Å²) >= 11 is 0. The predicted molar refractivity (Wildman–Crippen MR) is 105 cm³/mol. The maximum Gasteiger partial charge on any atom is 0.274 e. The minimum absolute atomic E-state index is 0.285. The van der Waals surface area contributed by atoms with Gasteiger partial charge in [-0.3, -0.25) is 14.5 Å². The van der Waals surface area contributed by atoms with E-state index in [0.717, 1.165) is 22.4 Å². The maximum atomic E-state index is 12.6. The minimum atomic E-state index is -0.352. The van der Waals surface area contributed by atoms with Crippen molar-refractivity contribution in [1.29, 1.82) is 0 Å². The third kappa shape index (κ3) is 3.48. The van der Waals surface area contributed by atoms with Gasteiger partial charge in [0.05, 0.1) is 23.3 Å². The molecule has 0 bridgehead atoms. The van der Waals surface area contributed by atoms with Crippen molar-refractivity contribution in [3.63, 3.8) is 0 Å². The number of pyridine rings is 1. The molecule has 0 saturated heterocycles. The Morgan fingerprint density at radius 1 is 1.11 bits per heavy atom. The zero-order valence-corrected chi connectivity index (χ0v) is 15.4. The van der Waals surface area contributed by atoms with E-state index in [1.807, 2.05) is 38.4 Å². The number of nitrogens with two attached hydrogens (primary N) is 1. The second kappa shape index (κ2) is 6.99. The lowest BCUT2D eigenvalue weighted by Crippen LogP contribution is -2.14. The van der Waals surface area contributed by atoms with E-state index in [4.69, 9.17) is 10.3 Å². The highest BCUT2D eigenvalue weighted by Gasteiger charge is 2.13. The highest BCUT2D eigenvalue weighted by Crippen LogP contribution is 2.28. The summed E-state index contributed by atoms with van der Waals surface area (Å²) in [5.74, 6) is 0.252. The third-order valence-electron chi connectivity index (χ3n) is 4.25. The van der Waals surface area contributed by atoms with Crippen LogP contribution in [0.3, 0.4) is 0 Å². The lowest BCUT2D eigenvalue weighted by molar-refractivity contribution is 0.102. The number of carbonyl (C=O) groups is 1. The Bertz CT molecular complexity index is 1140. The quantitative estimate of drug-likeness (QED) is 0.530. The van der Waals surface area contributed by atoms with Crippen molar-refractivity contribution in [3.05, 3.63) is 66.4 Å². The minimum Gasteiger partial charge on any atom is -0.397 e. The lowest BCUT2D eigenvalue weighted by Gasteiger charge is -2.09. The number of rotatable bonds is 4. The number of aromatic nitrogens is 4. The Labute approximate surface area is 161 Å². The van der Waals surface area contributed by atoms with Gasteiger partial charge < -0.3 is 15.6 Å².